The van der Waals surface area contributed by atoms with Crippen molar-refractivity contribution >= 4 is 0 Å². The summed E-state index contributed by atoms with van der Waals surface area (Å²) in [6, 6.07) is 14.4. The molecule has 4 N–H and O–H groups in total. The van der Waals surface area contributed by atoms with E-state index in [-0.39, 0.29) is 11.5 Å². The molecule has 0 heterocycles. The van der Waals surface area contributed by atoms with E-state index in [9.17, 15) is 10.2 Å². The molecule has 0 amide bonds. The molecule has 0 aliphatic heterocycles. The molecule has 0 saturated carbocycles. The van der Waals surface area contributed by atoms with Gasteiger partial charge in [0, 0.05) is 16.5 Å². The van der Waals surface area contributed by atoms with Gasteiger partial charge < -0.3 is 25.2 Å². The van der Waals surface area contributed by atoms with Crippen LogP contribution in [0, 0.1) is 0 Å². The first-order valence-electron chi connectivity index (χ1n) is 7.74. The Balaban J connectivity index is 0.000000351. The number of aliphatic hydroxyl groups excluding tert-OH is 2. The van der Waals surface area contributed by atoms with Crippen molar-refractivity contribution in [2.24, 2.45) is 0 Å². The zero-order valence-electron chi connectivity index (χ0n) is 14.5. The lowest BCUT2D eigenvalue weighted by atomic mass is 9.77. The van der Waals surface area contributed by atoms with E-state index in [2.05, 4.69) is 4.74 Å². The molecule has 2 atom stereocenters. The fourth-order valence-corrected chi connectivity index (χ4v) is 2.43. The minimum absolute atomic E-state index is 0.251. The van der Waals surface area contributed by atoms with Crippen LogP contribution in [0.3, 0.4) is 0 Å². The van der Waals surface area contributed by atoms with Crippen LogP contribution < -0.4 is 0 Å². The summed E-state index contributed by atoms with van der Waals surface area (Å²) in [6.07, 6.45) is -1.75. The van der Waals surface area contributed by atoms with Crippen molar-refractivity contribution in [2.45, 2.75) is 45.7 Å². The summed E-state index contributed by atoms with van der Waals surface area (Å²) in [5.41, 5.74) is 1.18. The van der Waals surface area contributed by atoms with E-state index in [0.717, 1.165) is 11.1 Å². The normalized spacial score (nSPS) is 13.6. The SMILES string of the molecule is CC(C)(c1ccccc1O)c1ccccc1O.CC(O)OC(C)O. The second-order valence-corrected chi connectivity index (χ2v) is 5.99. The molecule has 0 aromatic heterocycles. The quantitative estimate of drug-likeness (QED) is 0.645. The average molecular weight is 334 g/mol. The third-order valence-corrected chi connectivity index (χ3v) is 3.55. The molecular weight excluding hydrogens is 308 g/mol. The summed E-state index contributed by atoms with van der Waals surface area (Å²) >= 11 is 0. The lowest BCUT2D eigenvalue weighted by molar-refractivity contribution is -0.190. The van der Waals surface area contributed by atoms with E-state index in [1.807, 2.05) is 38.1 Å². The van der Waals surface area contributed by atoms with Crippen molar-refractivity contribution in [1.29, 1.82) is 0 Å². The highest BCUT2D eigenvalue weighted by Crippen LogP contribution is 2.39. The second kappa shape index (κ2) is 8.68. The molecule has 0 aliphatic carbocycles. The molecule has 2 unspecified atom stereocenters. The molecule has 2 aromatic rings. The zero-order chi connectivity index (χ0) is 18.3. The molecule has 0 spiro atoms. The second-order valence-electron chi connectivity index (χ2n) is 5.99. The number of phenols is 2. The van der Waals surface area contributed by atoms with E-state index in [0.29, 0.717) is 0 Å². The van der Waals surface area contributed by atoms with Gasteiger partial charge in [0.1, 0.15) is 11.5 Å². The first-order chi connectivity index (χ1) is 11.2. The maximum Gasteiger partial charge on any atom is 0.154 e. The van der Waals surface area contributed by atoms with Gasteiger partial charge in [0.05, 0.1) is 0 Å². The highest BCUT2D eigenvalue weighted by Gasteiger charge is 2.28. The van der Waals surface area contributed by atoms with Crippen LogP contribution >= 0.6 is 0 Å². The topological polar surface area (TPSA) is 90.2 Å². The van der Waals surface area contributed by atoms with E-state index >= 15 is 0 Å². The van der Waals surface area contributed by atoms with Crippen LogP contribution in [0.25, 0.3) is 0 Å². The monoisotopic (exact) mass is 334 g/mol. The highest BCUT2D eigenvalue weighted by molar-refractivity contribution is 5.49. The molecular formula is C19H26O5. The molecule has 0 saturated heterocycles. The lowest BCUT2D eigenvalue weighted by Crippen LogP contribution is -2.19. The van der Waals surface area contributed by atoms with Gasteiger partial charge in [-0.2, -0.15) is 0 Å². The van der Waals surface area contributed by atoms with Crippen molar-refractivity contribution in [3.8, 4) is 11.5 Å². The fraction of sp³-hybridized carbons (Fsp3) is 0.368. The van der Waals surface area contributed by atoms with Gasteiger partial charge in [-0.1, -0.05) is 50.2 Å². The largest absolute Gasteiger partial charge is 0.508 e. The third-order valence-electron chi connectivity index (χ3n) is 3.55. The molecule has 132 valence electrons. The van der Waals surface area contributed by atoms with Crippen LogP contribution in [0.4, 0.5) is 0 Å². The van der Waals surface area contributed by atoms with Gasteiger partial charge in [-0.25, -0.2) is 0 Å². The van der Waals surface area contributed by atoms with E-state index in [1.165, 1.54) is 13.8 Å². The van der Waals surface area contributed by atoms with Crippen molar-refractivity contribution in [1.82, 2.24) is 0 Å². The van der Waals surface area contributed by atoms with Gasteiger partial charge in [0.15, 0.2) is 12.6 Å². The smallest absolute Gasteiger partial charge is 0.154 e. The lowest BCUT2D eigenvalue weighted by Gasteiger charge is -2.27. The van der Waals surface area contributed by atoms with Gasteiger partial charge >= 0.3 is 0 Å². The highest BCUT2D eigenvalue weighted by atomic mass is 16.7. The Morgan fingerprint density at radius 1 is 0.750 bits per heavy atom. The number of aromatic hydroxyl groups is 2. The first kappa shape index (κ1) is 20.0. The Hall–Kier alpha value is -2.08. The van der Waals surface area contributed by atoms with Crippen molar-refractivity contribution in [3.05, 3.63) is 59.7 Å². The maximum atomic E-state index is 9.92. The average Bonchev–Trinajstić information content (AvgIpc) is 2.47. The summed E-state index contributed by atoms with van der Waals surface area (Å²) in [7, 11) is 0. The number of ether oxygens (including phenoxy) is 1. The Labute approximate surface area is 142 Å². The number of aliphatic hydroxyl groups is 2. The summed E-state index contributed by atoms with van der Waals surface area (Å²) in [4.78, 5) is 0. The van der Waals surface area contributed by atoms with Crippen LogP contribution in [0.1, 0.15) is 38.8 Å². The summed E-state index contributed by atoms with van der Waals surface area (Å²) in [5, 5.41) is 36.5. The fourth-order valence-electron chi connectivity index (χ4n) is 2.43. The molecule has 5 nitrogen and oxygen atoms in total. The van der Waals surface area contributed by atoms with Gasteiger partial charge in [-0.3, -0.25) is 0 Å². The predicted molar refractivity (Wildman–Crippen MR) is 92.8 cm³/mol. The van der Waals surface area contributed by atoms with E-state index in [4.69, 9.17) is 10.2 Å². The third kappa shape index (κ3) is 5.53. The van der Waals surface area contributed by atoms with E-state index in [1.54, 1.807) is 24.3 Å². The molecule has 2 rings (SSSR count). The number of benzene rings is 2. The van der Waals surface area contributed by atoms with Gasteiger partial charge in [-0.15, -0.1) is 0 Å². The number of rotatable bonds is 4. The molecule has 24 heavy (non-hydrogen) atoms. The number of para-hydroxylation sites is 2. The molecule has 0 bridgehead atoms. The minimum Gasteiger partial charge on any atom is -0.508 e. The molecule has 5 heteroatoms. The predicted octanol–water partition coefficient (Wildman–Crippen LogP) is 3.10. The number of phenolic OH excluding ortho intramolecular Hbond substituents is 2. The molecule has 0 fully saturated rings. The Bertz CT molecular complexity index is 582. The molecule has 0 aliphatic rings. The van der Waals surface area contributed by atoms with Crippen molar-refractivity contribution < 1.29 is 25.2 Å². The first-order valence-corrected chi connectivity index (χ1v) is 7.74. The van der Waals surface area contributed by atoms with Gasteiger partial charge in [0.25, 0.3) is 0 Å². The van der Waals surface area contributed by atoms with Gasteiger partial charge in [-0.05, 0) is 26.0 Å². The van der Waals surface area contributed by atoms with Crippen LogP contribution in [-0.4, -0.2) is 33.0 Å². The van der Waals surface area contributed by atoms with Crippen LogP contribution in [0.15, 0.2) is 48.5 Å². The van der Waals surface area contributed by atoms with Crippen LogP contribution in [0.5, 0.6) is 11.5 Å². The Morgan fingerprint density at radius 2 is 1.08 bits per heavy atom. The number of hydrogen-bond acceptors (Lipinski definition) is 5. The van der Waals surface area contributed by atoms with Crippen LogP contribution in [0.2, 0.25) is 0 Å². The molecule has 0 radical (unpaired) electrons. The van der Waals surface area contributed by atoms with Crippen molar-refractivity contribution in [3.63, 3.8) is 0 Å². The Morgan fingerprint density at radius 3 is 1.33 bits per heavy atom. The standard InChI is InChI=1S/C15H16O2.C4H10O3/c1-15(2,11-7-3-5-9-13(11)16)12-8-4-6-10-14(12)17;1-3(5)7-4(2)6/h3-10,16-17H,1-2H3;3-6H,1-2H3. The van der Waals surface area contributed by atoms with E-state index < -0.39 is 18.0 Å². The van der Waals surface area contributed by atoms with Gasteiger partial charge in [0.2, 0.25) is 0 Å². The summed E-state index contributed by atoms with van der Waals surface area (Å²) in [5.74, 6) is 0.501. The molecule has 2 aromatic carbocycles. The Kier molecular flexibility index (Phi) is 7.22. The summed E-state index contributed by atoms with van der Waals surface area (Å²) in [6.45, 7) is 6.84. The zero-order valence-corrected chi connectivity index (χ0v) is 14.5. The summed E-state index contributed by atoms with van der Waals surface area (Å²) < 4.78 is 4.36. The maximum absolute atomic E-state index is 9.92. The van der Waals surface area contributed by atoms with Crippen molar-refractivity contribution in [2.75, 3.05) is 0 Å². The van der Waals surface area contributed by atoms with Crippen LogP contribution in [-0.2, 0) is 10.2 Å². The number of hydrogen-bond donors (Lipinski definition) is 4. The minimum atomic E-state index is -0.875.